The van der Waals surface area contributed by atoms with E-state index in [1.165, 1.54) is 30.1 Å². The van der Waals surface area contributed by atoms with Gasteiger partial charge in [0.05, 0.1) is 11.6 Å². The van der Waals surface area contributed by atoms with E-state index in [2.05, 4.69) is 32.0 Å². The molecular weight excluding hydrogens is 537 g/mol. The Kier molecular flexibility index (Phi) is 7.63. The first-order chi connectivity index (χ1) is 20.2. The summed E-state index contributed by atoms with van der Waals surface area (Å²) in [4.78, 5) is 36.9. The van der Waals surface area contributed by atoms with Gasteiger partial charge in [0.15, 0.2) is 5.82 Å². The average Bonchev–Trinajstić information content (AvgIpc) is 2.97. The molecule has 0 radical (unpaired) electrons. The van der Waals surface area contributed by atoms with E-state index in [4.69, 9.17) is 4.74 Å². The van der Waals surface area contributed by atoms with Crippen LogP contribution in [-0.4, -0.2) is 87.6 Å². The topological polar surface area (TPSA) is 104 Å². The fraction of sp³-hybridized carbons (Fsp3) is 0.581. The number of hydrogen-bond acceptors (Lipinski definition) is 8. The van der Waals surface area contributed by atoms with Crippen molar-refractivity contribution in [1.29, 1.82) is 0 Å². The molecule has 5 heterocycles. The predicted molar refractivity (Wildman–Crippen MR) is 156 cm³/mol. The van der Waals surface area contributed by atoms with Crippen molar-refractivity contribution in [2.45, 2.75) is 71.0 Å². The van der Waals surface area contributed by atoms with Crippen molar-refractivity contribution in [3.05, 3.63) is 48.1 Å². The molecule has 1 aromatic carbocycles. The third kappa shape index (κ3) is 5.23. The maximum Gasteiger partial charge on any atom is 0.282 e. The van der Waals surface area contributed by atoms with Crippen molar-refractivity contribution in [1.82, 2.24) is 30.3 Å². The number of aromatic nitrogens is 3. The van der Waals surface area contributed by atoms with E-state index >= 15 is 0 Å². The number of ether oxygens (including phenoxy) is 1. The van der Waals surface area contributed by atoms with Crippen LogP contribution in [0.25, 0.3) is 0 Å². The number of nitrogens with zero attached hydrogens (tertiary/aromatic N) is 6. The molecule has 2 bridgehead atoms. The summed E-state index contributed by atoms with van der Waals surface area (Å²) in [6.45, 7) is 13.5. The standard InChI is InChI=1S/C31H40FN7O3/c1-5-39(19(2)3)29(40)24-15-21(32)6-9-25(24)42-28-27(33-18-34-36-28)38-16-31(17-38)10-12-37(13-11-31)30(41)26-23-8-7-22(35-26)14-20(23)4/h6,9,15,18-19,22-23,26,35H,4-5,7-8,10-14,16-17H2,1-3H3/t22-,23+,26+/m1/s1. The molecule has 2 aromatic rings. The predicted octanol–water partition coefficient (Wildman–Crippen LogP) is 3.80. The smallest absolute Gasteiger partial charge is 0.282 e. The zero-order chi connectivity index (χ0) is 29.6. The molecule has 1 spiro atoms. The molecule has 5 fully saturated rings. The summed E-state index contributed by atoms with van der Waals surface area (Å²) in [5.74, 6) is 0.559. The highest BCUT2D eigenvalue weighted by Crippen LogP contribution is 2.45. The molecular formula is C31H40FN7O3. The fourth-order valence-electron chi connectivity index (χ4n) is 7.24. The van der Waals surface area contributed by atoms with Crippen LogP contribution in [0.5, 0.6) is 11.6 Å². The van der Waals surface area contributed by atoms with E-state index in [1.807, 2.05) is 25.7 Å². The summed E-state index contributed by atoms with van der Waals surface area (Å²) in [6.07, 6.45) is 6.39. The second-order valence-corrected chi connectivity index (χ2v) is 12.6. The van der Waals surface area contributed by atoms with Gasteiger partial charge >= 0.3 is 0 Å². The Bertz CT molecular complexity index is 1370. The van der Waals surface area contributed by atoms with Crippen molar-refractivity contribution < 1.29 is 18.7 Å². The van der Waals surface area contributed by atoms with E-state index in [0.717, 1.165) is 58.3 Å². The lowest BCUT2D eigenvalue weighted by Gasteiger charge is -2.55. The van der Waals surface area contributed by atoms with Crippen molar-refractivity contribution in [3.8, 4) is 11.6 Å². The summed E-state index contributed by atoms with van der Waals surface area (Å²) in [5, 5.41) is 11.7. The minimum absolute atomic E-state index is 0.0557. The molecule has 4 saturated heterocycles. The largest absolute Gasteiger partial charge is 0.434 e. The van der Waals surface area contributed by atoms with Gasteiger partial charge in [0.2, 0.25) is 5.91 Å². The first kappa shape index (κ1) is 28.5. The Morgan fingerprint density at radius 1 is 1.24 bits per heavy atom. The zero-order valence-corrected chi connectivity index (χ0v) is 24.7. The number of halogens is 1. The molecule has 3 atom stereocenters. The summed E-state index contributed by atoms with van der Waals surface area (Å²) in [5.41, 5.74) is 1.45. The monoisotopic (exact) mass is 577 g/mol. The highest BCUT2D eigenvalue weighted by molar-refractivity contribution is 5.97. The molecule has 4 aliphatic heterocycles. The molecule has 1 N–H and O–H groups in total. The SMILES string of the molecule is C=C1C[C@H]2CC[C@@H]1[C@@H](C(=O)N1CCC3(CC1)CN(c1ncnnc1Oc1ccc(F)cc1C(=O)N(CC)C(C)C)C3)N2. The minimum Gasteiger partial charge on any atom is -0.434 e. The molecule has 0 unspecified atom stereocenters. The number of amides is 2. The lowest BCUT2D eigenvalue weighted by molar-refractivity contribution is -0.138. The number of benzene rings is 1. The van der Waals surface area contributed by atoms with Gasteiger partial charge in [0, 0.05) is 56.1 Å². The number of hydrogen-bond donors (Lipinski definition) is 1. The van der Waals surface area contributed by atoms with Gasteiger partial charge in [-0.25, -0.2) is 9.37 Å². The maximum absolute atomic E-state index is 14.2. The van der Waals surface area contributed by atoms with Gasteiger partial charge in [0.25, 0.3) is 11.8 Å². The quantitative estimate of drug-likeness (QED) is 0.496. The van der Waals surface area contributed by atoms with Crippen molar-refractivity contribution in [2.75, 3.05) is 37.6 Å². The number of fused-ring (bicyclic) bond motifs is 3. The molecule has 10 nitrogen and oxygen atoms in total. The third-order valence-corrected chi connectivity index (χ3v) is 9.61. The van der Waals surface area contributed by atoms with Gasteiger partial charge in [-0.2, -0.15) is 0 Å². The molecule has 5 aliphatic rings. The molecule has 224 valence electrons. The zero-order valence-electron chi connectivity index (χ0n) is 24.7. The normalized spacial score (nSPS) is 24.6. The fourth-order valence-corrected chi connectivity index (χ4v) is 7.24. The number of carbonyl (C=O) groups is 2. The molecule has 42 heavy (non-hydrogen) atoms. The lowest BCUT2D eigenvalue weighted by Crippen LogP contribution is -2.64. The highest BCUT2D eigenvalue weighted by atomic mass is 19.1. The number of nitrogens with one attached hydrogen (secondary N) is 1. The van der Waals surface area contributed by atoms with Gasteiger partial charge in [-0.05, 0) is 71.1 Å². The van der Waals surface area contributed by atoms with Crippen LogP contribution in [0.4, 0.5) is 10.2 Å². The Morgan fingerprint density at radius 3 is 2.67 bits per heavy atom. The molecule has 1 saturated carbocycles. The summed E-state index contributed by atoms with van der Waals surface area (Å²) in [6, 6.07) is 4.11. The van der Waals surface area contributed by atoms with Crippen molar-refractivity contribution >= 4 is 17.6 Å². The summed E-state index contributed by atoms with van der Waals surface area (Å²) < 4.78 is 20.3. The molecule has 1 aromatic heterocycles. The molecule has 2 amide bonds. The first-order valence-electron chi connectivity index (χ1n) is 15.1. The van der Waals surface area contributed by atoms with Gasteiger partial charge in [0.1, 0.15) is 17.9 Å². The summed E-state index contributed by atoms with van der Waals surface area (Å²) >= 11 is 0. The maximum atomic E-state index is 14.2. The third-order valence-electron chi connectivity index (χ3n) is 9.61. The van der Waals surface area contributed by atoms with Crippen LogP contribution in [0.15, 0.2) is 36.7 Å². The number of likely N-dealkylation sites (tertiary alicyclic amines) is 1. The second-order valence-electron chi connectivity index (χ2n) is 12.6. The van der Waals surface area contributed by atoms with Crippen LogP contribution in [0.2, 0.25) is 0 Å². The minimum atomic E-state index is -0.519. The van der Waals surface area contributed by atoms with Crippen LogP contribution < -0.4 is 15.0 Å². The summed E-state index contributed by atoms with van der Waals surface area (Å²) in [7, 11) is 0. The van der Waals surface area contributed by atoms with Gasteiger partial charge in [-0.15, -0.1) is 10.2 Å². The Morgan fingerprint density at radius 2 is 2.00 bits per heavy atom. The van der Waals surface area contributed by atoms with Crippen LogP contribution in [-0.2, 0) is 4.79 Å². The van der Waals surface area contributed by atoms with Crippen molar-refractivity contribution in [2.24, 2.45) is 11.3 Å². The number of rotatable bonds is 7. The lowest BCUT2D eigenvalue weighted by atomic mass is 9.71. The van der Waals surface area contributed by atoms with E-state index in [9.17, 15) is 14.0 Å². The average molecular weight is 578 g/mol. The van der Waals surface area contributed by atoms with Gasteiger partial charge in [-0.1, -0.05) is 12.2 Å². The molecule has 1 aliphatic carbocycles. The molecule has 11 heteroatoms. The van der Waals surface area contributed by atoms with E-state index < -0.39 is 5.82 Å². The Labute approximate surface area is 246 Å². The van der Waals surface area contributed by atoms with Gasteiger partial charge in [-0.3, -0.25) is 9.59 Å². The van der Waals surface area contributed by atoms with Crippen LogP contribution >= 0.6 is 0 Å². The Hall–Kier alpha value is -3.60. The van der Waals surface area contributed by atoms with Crippen molar-refractivity contribution in [3.63, 3.8) is 0 Å². The second kappa shape index (κ2) is 11.2. The Balaban J connectivity index is 1.11. The first-order valence-corrected chi connectivity index (χ1v) is 15.1. The van der Waals surface area contributed by atoms with Crippen LogP contribution in [0, 0.1) is 17.2 Å². The number of piperidine rings is 3. The highest BCUT2D eigenvalue weighted by Gasteiger charge is 2.49. The van der Waals surface area contributed by atoms with Gasteiger partial charge < -0.3 is 24.8 Å². The number of anilines is 1. The van der Waals surface area contributed by atoms with E-state index in [1.54, 1.807) is 4.90 Å². The van der Waals surface area contributed by atoms with E-state index in [-0.39, 0.29) is 52.4 Å². The number of carbonyl (C=O) groups excluding carboxylic acids is 2. The van der Waals surface area contributed by atoms with E-state index in [0.29, 0.717) is 18.4 Å². The molecule has 7 rings (SSSR count). The van der Waals surface area contributed by atoms with Crippen LogP contribution in [0.3, 0.4) is 0 Å². The van der Waals surface area contributed by atoms with Crippen LogP contribution in [0.1, 0.15) is 63.2 Å².